The Morgan fingerprint density at radius 1 is 1.12 bits per heavy atom. The van der Waals surface area contributed by atoms with Gasteiger partial charge in [0.1, 0.15) is 0 Å². The van der Waals surface area contributed by atoms with Crippen LogP contribution < -0.4 is 0 Å². The van der Waals surface area contributed by atoms with Gasteiger partial charge < -0.3 is 4.90 Å². The fourth-order valence-corrected chi connectivity index (χ4v) is 1.32. The standard InChI is InChI=1S/C11H19F4NO/c1-3-5-7-16(8-6-4-2)10(17)11(14,15)9(12)13/h9H,3-8H2,1-2H3. The average molecular weight is 257 g/mol. The van der Waals surface area contributed by atoms with Crippen molar-refractivity contribution >= 4 is 5.91 Å². The largest absolute Gasteiger partial charge is 0.383 e. The maximum Gasteiger partial charge on any atom is 0.383 e. The van der Waals surface area contributed by atoms with Gasteiger partial charge in [-0.3, -0.25) is 4.79 Å². The van der Waals surface area contributed by atoms with Crippen LogP contribution in [-0.4, -0.2) is 36.2 Å². The van der Waals surface area contributed by atoms with E-state index in [0.717, 1.165) is 17.7 Å². The lowest BCUT2D eigenvalue weighted by atomic mass is 10.2. The highest BCUT2D eigenvalue weighted by atomic mass is 19.3. The quantitative estimate of drug-likeness (QED) is 0.611. The van der Waals surface area contributed by atoms with Gasteiger partial charge in [-0.05, 0) is 12.8 Å². The van der Waals surface area contributed by atoms with Gasteiger partial charge >= 0.3 is 12.3 Å². The predicted octanol–water partition coefficient (Wildman–Crippen LogP) is 3.32. The molecule has 0 atom stereocenters. The van der Waals surface area contributed by atoms with Crippen LogP contribution >= 0.6 is 0 Å². The Labute approximate surface area is 99.0 Å². The Hall–Kier alpha value is -0.810. The molecule has 17 heavy (non-hydrogen) atoms. The summed E-state index contributed by atoms with van der Waals surface area (Å²) in [5, 5.41) is 0. The topological polar surface area (TPSA) is 20.3 Å². The van der Waals surface area contributed by atoms with Crippen molar-refractivity contribution in [2.75, 3.05) is 13.1 Å². The molecule has 0 spiro atoms. The lowest BCUT2D eigenvalue weighted by Crippen LogP contribution is -2.48. The molecule has 0 saturated heterocycles. The Kier molecular flexibility index (Phi) is 7.15. The number of carbonyl (C=O) groups is 1. The first-order valence-electron chi connectivity index (χ1n) is 5.83. The third-order valence-corrected chi connectivity index (χ3v) is 2.41. The molecule has 0 aliphatic heterocycles. The Morgan fingerprint density at radius 2 is 1.53 bits per heavy atom. The highest BCUT2D eigenvalue weighted by Crippen LogP contribution is 2.25. The van der Waals surface area contributed by atoms with E-state index in [1.54, 1.807) is 0 Å². The summed E-state index contributed by atoms with van der Waals surface area (Å²) in [7, 11) is 0. The SMILES string of the molecule is CCCCN(CCCC)C(=O)C(F)(F)C(F)F. The molecule has 0 aromatic heterocycles. The fourth-order valence-electron chi connectivity index (χ4n) is 1.32. The number of hydrogen-bond donors (Lipinski definition) is 0. The molecule has 0 heterocycles. The average Bonchev–Trinajstić information content (AvgIpc) is 2.28. The van der Waals surface area contributed by atoms with E-state index in [1.165, 1.54) is 0 Å². The van der Waals surface area contributed by atoms with Crippen LogP contribution in [0.25, 0.3) is 0 Å². The minimum atomic E-state index is -4.57. The van der Waals surface area contributed by atoms with E-state index in [0.29, 0.717) is 12.8 Å². The first-order valence-corrected chi connectivity index (χ1v) is 5.83. The van der Waals surface area contributed by atoms with E-state index < -0.39 is 18.3 Å². The number of amides is 1. The first kappa shape index (κ1) is 16.2. The van der Waals surface area contributed by atoms with E-state index >= 15 is 0 Å². The number of rotatable bonds is 8. The minimum Gasteiger partial charge on any atom is -0.337 e. The number of unbranched alkanes of at least 4 members (excludes halogenated alkanes) is 2. The van der Waals surface area contributed by atoms with Crippen LogP contribution in [0, 0.1) is 0 Å². The monoisotopic (exact) mass is 257 g/mol. The zero-order chi connectivity index (χ0) is 13.5. The molecule has 0 fully saturated rings. The molecule has 0 unspecified atom stereocenters. The summed E-state index contributed by atoms with van der Waals surface area (Å²) in [6.07, 6.45) is -1.43. The molecule has 6 heteroatoms. The van der Waals surface area contributed by atoms with Crippen LogP contribution in [0.15, 0.2) is 0 Å². The zero-order valence-corrected chi connectivity index (χ0v) is 10.2. The molecule has 1 amide bonds. The number of carbonyl (C=O) groups excluding carboxylic acids is 1. The number of halogens is 4. The van der Waals surface area contributed by atoms with Crippen molar-refractivity contribution < 1.29 is 22.4 Å². The molecule has 0 radical (unpaired) electrons. The number of hydrogen-bond acceptors (Lipinski definition) is 1. The summed E-state index contributed by atoms with van der Waals surface area (Å²) in [4.78, 5) is 12.2. The molecule has 102 valence electrons. The van der Waals surface area contributed by atoms with Gasteiger partial charge in [0.15, 0.2) is 0 Å². The third-order valence-electron chi connectivity index (χ3n) is 2.41. The van der Waals surface area contributed by atoms with Crippen molar-refractivity contribution in [1.82, 2.24) is 4.90 Å². The maximum atomic E-state index is 12.9. The van der Waals surface area contributed by atoms with Crippen molar-refractivity contribution in [3.05, 3.63) is 0 Å². The van der Waals surface area contributed by atoms with Crippen LogP contribution in [0.2, 0.25) is 0 Å². The molecule has 0 aromatic carbocycles. The molecule has 0 N–H and O–H groups in total. The number of alkyl halides is 4. The van der Waals surface area contributed by atoms with Crippen LogP contribution in [0.1, 0.15) is 39.5 Å². The molecular formula is C11H19F4NO. The summed E-state index contributed by atoms with van der Waals surface area (Å²) in [5.41, 5.74) is 0. The smallest absolute Gasteiger partial charge is 0.337 e. The highest BCUT2D eigenvalue weighted by Gasteiger charge is 2.50. The molecule has 0 aliphatic rings. The van der Waals surface area contributed by atoms with Crippen molar-refractivity contribution in [2.45, 2.75) is 51.9 Å². The molecule has 0 aromatic rings. The fraction of sp³-hybridized carbons (Fsp3) is 0.909. The second-order valence-electron chi connectivity index (χ2n) is 3.92. The van der Waals surface area contributed by atoms with Gasteiger partial charge in [0.05, 0.1) is 0 Å². The van der Waals surface area contributed by atoms with Gasteiger partial charge in [0.25, 0.3) is 5.91 Å². The van der Waals surface area contributed by atoms with Gasteiger partial charge in [-0.1, -0.05) is 26.7 Å². The number of nitrogens with zero attached hydrogens (tertiary/aromatic N) is 1. The molecule has 0 aliphatic carbocycles. The lowest BCUT2D eigenvalue weighted by Gasteiger charge is -2.26. The molecule has 0 rings (SSSR count). The lowest BCUT2D eigenvalue weighted by molar-refractivity contribution is -0.180. The van der Waals surface area contributed by atoms with Crippen molar-refractivity contribution in [3.8, 4) is 0 Å². The van der Waals surface area contributed by atoms with E-state index in [1.807, 2.05) is 13.8 Å². The van der Waals surface area contributed by atoms with Crippen LogP contribution in [0.4, 0.5) is 17.6 Å². The summed E-state index contributed by atoms with van der Waals surface area (Å²) >= 11 is 0. The van der Waals surface area contributed by atoms with Gasteiger partial charge in [0, 0.05) is 13.1 Å². The van der Waals surface area contributed by atoms with Crippen molar-refractivity contribution in [2.24, 2.45) is 0 Å². The predicted molar refractivity (Wildman–Crippen MR) is 57.3 cm³/mol. The van der Waals surface area contributed by atoms with Gasteiger partial charge in [0.2, 0.25) is 0 Å². The minimum absolute atomic E-state index is 0.109. The summed E-state index contributed by atoms with van der Waals surface area (Å²) in [6, 6.07) is 0. The van der Waals surface area contributed by atoms with Crippen molar-refractivity contribution in [3.63, 3.8) is 0 Å². The van der Waals surface area contributed by atoms with Gasteiger partial charge in [-0.25, -0.2) is 8.78 Å². The first-order chi connectivity index (χ1) is 7.87. The summed E-state index contributed by atoms with van der Waals surface area (Å²) in [5.74, 6) is -6.32. The van der Waals surface area contributed by atoms with E-state index in [4.69, 9.17) is 0 Å². The highest BCUT2D eigenvalue weighted by molar-refractivity contribution is 5.84. The summed E-state index contributed by atoms with van der Waals surface area (Å²) < 4.78 is 49.9. The van der Waals surface area contributed by atoms with Gasteiger partial charge in [-0.2, -0.15) is 8.78 Å². The Morgan fingerprint density at radius 3 is 1.82 bits per heavy atom. The Bertz CT molecular complexity index is 226. The normalized spacial score (nSPS) is 11.9. The van der Waals surface area contributed by atoms with E-state index in [2.05, 4.69) is 0 Å². The summed E-state index contributed by atoms with van der Waals surface area (Å²) in [6.45, 7) is 3.90. The maximum absolute atomic E-state index is 12.9. The van der Waals surface area contributed by atoms with Crippen molar-refractivity contribution in [1.29, 1.82) is 0 Å². The van der Waals surface area contributed by atoms with E-state index in [-0.39, 0.29) is 13.1 Å². The molecule has 0 saturated carbocycles. The van der Waals surface area contributed by atoms with E-state index in [9.17, 15) is 22.4 Å². The molecule has 2 nitrogen and oxygen atoms in total. The van der Waals surface area contributed by atoms with Crippen LogP contribution in [-0.2, 0) is 4.79 Å². The Balaban J connectivity index is 4.60. The second-order valence-corrected chi connectivity index (χ2v) is 3.92. The zero-order valence-electron chi connectivity index (χ0n) is 10.2. The molecule has 0 bridgehead atoms. The van der Waals surface area contributed by atoms with Crippen LogP contribution in [0.3, 0.4) is 0 Å². The second kappa shape index (κ2) is 7.50. The third kappa shape index (κ3) is 4.91. The van der Waals surface area contributed by atoms with Gasteiger partial charge in [-0.15, -0.1) is 0 Å². The van der Waals surface area contributed by atoms with Crippen LogP contribution in [0.5, 0.6) is 0 Å². The molecular weight excluding hydrogens is 238 g/mol.